The first kappa shape index (κ1) is 35.7. The van der Waals surface area contributed by atoms with Gasteiger partial charge in [-0.2, -0.15) is 0 Å². The van der Waals surface area contributed by atoms with Crippen molar-refractivity contribution in [3.63, 3.8) is 0 Å². The highest BCUT2D eigenvalue weighted by Crippen LogP contribution is 2.32. The molecular weight excluding hydrogens is 689 g/mol. The molecule has 0 saturated carbocycles. The number of hydrogen-bond donors (Lipinski definition) is 5. The van der Waals surface area contributed by atoms with Crippen LogP contribution in [-0.4, -0.2) is 39.8 Å². The van der Waals surface area contributed by atoms with E-state index in [4.69, 9.17) is 33.5 Å². The number of carbonyl (C=O) groups is 2. The molecule has 1 unspecified atom stereocenters. The number of aromatic hydroxyl groups is 1. The number of carbonyl (C=O) groups excluding carboxylic acids is 2. The van der Waals surface area contributed by atoms with Crippen molar-refractivity contribution >= 4 is 66.4 Å². The highest BCUT2D eigenvalue weighted by molar-refractivity contribution is 7.89. The summed E-state index contributed by atoms with van der Waals surface area (Å²) in [5, 5.41) is 24.2. The standard InChI is InChI=1S/C16H16ClN3O3S.C15H15ClN2O4S/c1-10-8-11-4-2-3-5-14(11)20(10)19-16(21)12-6-7-13(17)15(9-12)24(18,22)23;1-8-4-3-5-9(2)14(8)18-15(20)10-6-13(23(17,21)22)11(16)7-12(10)19/h2-7,9-10H,8H2,1H3,(H,19,21)(H2,18,22,23);3-7,19H,1-2H3,(H,18,20)(H2,17,21,22). The molecule has 1 atom stereocenters. The number of nitrogens with zero attached hydrogens (tertiary/aromatic N) is 1. The quantitative estimate of drug-likeness (QED) is 0.189. The van der Waals surface area contributed by atoms with Crippen molar-refractivity contribution in [1.82, 2.24) is 5.43 Å². The van der Waals surface area contributed by atoms with Crippen LogP contribution in [0.5, 0.6) is 5.75 Å². The molecular formula is C31H31Cl2N5O7S2. The van der Waals surface area contributed by atoms with E-state index >= 15 is 0 Å². The van der Waals surface area contributed by atoms with E-state index in [2.05, 4.69) is 10.7 Å². The number of rotatable bonds is 6. The number of nitrogens with one attached hydrogen (secondary N) is 2. The van der Waals surface area contributed by atoms with Crippen LogP contribution in [-0.2, 0) is 26.5 Å². The Kier molecular flexibility index (Phi) is 10.5. The summed E-state index contributed by atoms with van der Waals surface area (Å²) in [6, 6.07) is 19.3. The van der Waals surface area contributed by atoms with Gasteiger partial charge in [0, 0.05) is 17.3 Å². The zero-order valence-corrected chi connectivity index (χ0v) is 28.4. The molecule has 1 heterocycles. The number of phenols is 1. The topological polar surface area (TPSA) is 202 Å². The van der Waals surface area contributed by atoms with Gasteiger partial charge in [0.1, 0.15) is 15.5 Å². The van der Waals surface area contributed by atoms with Gasteiger partial charge < -0.3 is 10.4 Å². The van der Waals surface area contributed by atoms with Gasteiger partial charge >= 0.3 is 0 Å². The number of nitrogens with two attached hydrogens (primary N) is 2. The minimum absolute atomic E-state index is 0.0195. The fourth-order valence-electron chi connectivity index (χ4n) is 4.91. The van der Waals surface area contributed by atoms with Crippen molar-refractivity contribution < 1.29 is 31.5 Å². The number of amides is 2. The molecule has 4 aromatic carbocycles. The van der Waals surface area contributed by atoms with Crippen LogP contribution in [0.25, 0.3) is 0 Å². The van der Waals surface area contributed by atoms with Gasteiger partial charge in [-0.05, 0) is 74.2 Å². The number of fused-ring (bicyclic) bond motifs is 1. The van der Waals surface area contributed by atoms with Crippen LogP contribution in [0.3, 0.4) is 0 Å². The van der Waals surface area contributed by atoms with Gasteiger partial charge in [-0.15, -0.1) is 0 Å². The molecule has 12 nitrogen and oxygen atoms in total. The molecule has 5 rings (SSSR count). The number of anilines is 2. The summed E-state index contributed by atoms with van der Waals surface area (Å²) in [6.07, 6.45) is 0.819. The summed E-state index contributed by atoms with van der Waals surface area (Å²) < 4.78 is 46.1. The van der Waals surface area contributed by atoms with Crippen LogP contribution in [0.1, 0.15) is 44.3 Å². The van der Waals surface area contributed by atoms with Gasteiger partial charge in [-0.3, -0.25) is 20.0 Å². The fraction of sp³-hybridized carbons (Fsp3) is 0.161. The third kappa shape index (κ3) is 8.22. The van der Waals surface area contributed by atoms with Crippen molar-refractivity contribution in [2.45, 2.75) is 43.0 Å². The van der Waals surface area contributed by atoms with Crippen LogP contribution in [0.2, 0.25) is 10.0 Å². The Morgan fingerprint density at radius 2 is 1.43 bits per heavy atom. The van der Waals surface area contributed by atoms with Crippen molar-refractivity contribution in [2.75, 3.05) is 10.3 Å². The van der Waals surface area contributed by atoms with E-state index in [9.17, 15) is 31.5 Å². The van der Waals surface area contributed by atoms with Crippen LogP contribution in [0.4, 0.5) is 11.4 Å². The predicted octanol–water partition coefficient (Wildman–Crippen LogP) is 4.65. The first-order valence-electron chi connectivity index (χ1n) is 13.8. The molecule has 1 aliphatic rings. The number of hydrazine groups is 1. The number of sulfonamides is 2. The van der Waals surface area contributed by atoms with E-state index in [0.717, 1.165) is 40.9 Å². The molecule has 0 aliphatic carbocycles. The van der Waals surface area contributed by atoms with Crippen LogP contribution in [0, 0.1) is 13.8 Å². The average Bonchev–Trinajstić information content (AvgIpc) is 3.28. The second kappa shape index (κ2) is 13.9. The monoisotopic (exact) mass is 719 g/mol. The molecule has 0 bridgehead atoms. The number of benzene rings is 4. The molecule has 47 heavy (non-hydrogen) atoms. The second-order valence-electron chi connectivity index (χ2n) is 10.7. The van der Waals surface area contributed by atoms with Gasteiger partial charge in [0.25, 0.3) is 11.8 Å². The van der Waals surface area contributed by atoms with Gasteiger partial charge in [-0.1, -0.05) is 59.6 Å². The predicted molar refractivity (Wildman–Crippen MR) is 181 cm³/mol. The lowest BCUT2D eigenvalue weighted by molar-refractivity contribution is 0.0945. The normalized spacial score (nSPS) is 14.1. The summed E-state index contributed by atoms with van der Waals surface area (Å²) in [5.74, 6) is -1.53. The molecule has 248 valence electrons. The summed E-state index contributed by atoms with van der Waals surface area (Å²) in [5.41, 5.74) is 7.07. The van der Waals surface area contributed by atoms with Crippen molar-refractivity contribution in [2.24, 2.45) is 10.3 Å². The lowest BCUT2D eigenvalue weighted by Crippen LogP contribution is -2.45. The van der Waals surface area contributed by atoms with E-state index in [1.807, 2.05) is 63.2 Å². The Morgan fingerprint density at radius 1 is 0.830 bits per heavy atom. The number of primary sulfonamides is 2. The highest BCUT2D eigenvalue weighted by atomic mass is 35.5. The first-order chi connectivity index (χ1) is 21.9. The maximum atomic E-state index is 12.5. The largest absolute Gasteiger partial charge is 0.507 e. The molecule has 0 fully saturated rings. The molecule has 0 spiro atoms. The van der Waals surface area contributed by atoms with Crippen molar-refractivity contribution in [3.05, 3.63) is 111 Å². The first-order valence-corrected chi connectivity index (χ1v) is 17.7. The molecule has 0 radical (unpaired) electrons. The number of hydrogen-bond acceptors (Lipinski definition) is 8. The number of aryl methyl sites for hydroxylation is 2. The maximum absolute atomic E-state index is 12.5. The lowest BCUT2D eigenvalue weighted by atomic mass is 10.1. The molecule has 2 amide bonds. The summed E-state index contributed by atoms with van der Waals surface area (Å²) in [6.45, 7) is 5.64. The van der Waals surface area contributed by atoms with Gasteiger partial charge in [0.05, 0.1) is 27.3 Å². The zero-order valence-electron chi connectivity index (χ0n) is 25.3. The van der Waals surface area contributed by atoms with Crippen LogP contribution < -0.4 is 26.0 Å². The van der Waals surface area contributed by atoms with E-state index in [0.29, 0.717) is 5.69 Å². The molecule has 0 saturated heterocycles. The van der Waals surface area contributed by atoms with Gasteiger partial charge in [-0.25, -0.2) is 27.1 Å². The van der Waals surface area contributed by atoms with Gasteiger partial charge in [0.15, 0.2) is 0 Å². The van der Waals surface area contributed by atoms with E-state index < -0.39 is 42.5 Å². The number of phenolic OH excluding ortho intramolecular Hbond substituents is 1. The summed E-state index contributed by atoms with van der Waals surface area (Å²) in [7, 11) is -8.12. The Hall–Kier alpha value is -4.18. The molecule has 4 aromatic rings. The van der Waals surface area contributed by atoms with Crippen molar-refractivity contribution in [1.29, 1.82) is 0 Å². The minimum Gasteiger partial charge on any atom is -0.507 e. The zero-order chi connectivity index (χ0) is 34.8. The Bertz CT molecular complexity index is 2090. The third-order valence-corrected chi connectivity index (χ3v) is 10.0. The Labute approximate surface area is 282 Å². The second-order valence-corrected chi connectivity index (χ2v) is 14.6. The number of halogens is 2. The van der Waals surface area contributed by atoms with Crippen LogP contribution in [0.15, 0.2) is 82.6 Å². The SMILES string of the molecule is CC1Cc2ccccc2N1NC(=O)c1ccc(Cl)c(S(N)(=O)=O)c1.Cc1cccc(C)c1NC(=O)c1cc(S(N)(=O)=O)c(Cl)cc1O. The highest BCUT2D eigenvalue weighted by Gasteiger charge is 2.28. The molecule has 1 aliphatic heterocycles. The smallest absolute Gasteiger partial charge is 0.269 e. The third-order valence-electron chi connectivity index (χ3n) is 7.25. The minimum atomic E-state index is -4.12. The lowest BCUT2D eigenvalue weighted by Gasteiger charge is -2.25. The van der Waals surface area contributed by atoms with Crippen LogP contribution >= 0.6 is 23.2 Å². The van der Waals surface area contributed by atoms with E-state index in [-0.39, 0.29) is 32.1 Å². The molecule has 0 aromatic heterocycles. The molecule has 16 heteroatoms. The van der Waals surface area contributed by atoms with Gasteiger partial charge in [0.2, 0.25) is 20.0 Å². The summed E-state index contributed by atoms with van der Waals surface area (Å²) >= 11 is 11.6. The molecule has 7 N–H and O–H groups in total. The summed E-state index contributed by atoms with van der Waals surface area (Å²) in [4.78, 5) is 24.2. The van der Waals surface area contributed by atoms with Crippen molar-refractivity contribution in [3.8, 4) is 5.75 Å². The fourth-order valence-corrected chi connectivity index (χ4v) is 7.07. The Morgan fingerprint density at radius 3 is 2.04 bits per heavy atom. The van der Waals surface area contributed by atoms with E-state index in [1.165, 1.54) is 18.2 Å². The average molecular weight is 721 g/mol. The van der Waals surface area contributed by atoms with E-state index in [1.54, 1.807) is 5.01 Å². The Balaban J connectivity index is 0.000000213. The maximum Gasteiger partial charge on any atom is 0.269 e. The number of para-hydroxylation sites is 2.